The van der Waals surface area contributed by atoms with E-state index in [0.717, 1.165) is 21.5 Å². The summed E-state index contributed by atoms with van der Waals surface area (Å²) in [6.45, 7) is 3.41. The van der Waals surface area contributed by atoms with Gasteiger partial charge in [-0.3, -0.25) is 4.79 Å². The molecule has 5 nitrogen and oxygen atoms in total. The van der Waals surface area contributed by atoms with Gasteiger partial charge >= 0.3 is 15.6 Å². The molecule has 1 radical (unpaired) electrons. The highest BCUT2D eigenvalue weighted by Gasteiger charge is 2.08. The fourth-order valence-corrected chi connectivity index (χ4v) is 2.26. The van der Waals surface area contributed by atoms with Crippen LogP contribution in [0.2, 0.25) is 0 Å². The molecule has 21 heavy (non-hydrogen) atoms. The first-order chi connectivity index (χ1) is 9.15. The Kier molecular flexibility index (Phi) is 8.36. The molecular weight excluding hydrogens is 287 g/mol. The number of ether oxygens (including phenoxy) is 1. The molecule has 0 aliphatic carbocycles. The summed E-state index contributed by atoms with van der Waals surface area (Å²) in [7, 11) is 0. The lowest BCUT2D eigenvalue weighted by molar-refractivity contribution is -0.131. The Labute approximate surface area is 130 Å². The summed E-state index contributed by atoms with van der Waals surface area (Å²) in [5.74, 6) is 1.34. The molecule has 0 bridgehead atoms. The third-order valence-electron chi connectivity index (χ3n) is 2.54. The Morgan fingerprint density at radius 1 is 1.05 bits per heavy atom. The number of hydrogen-bond donors (Lipinski definition) is 0. The molecule has 0 unspecified atom stereocenters. The quantitative estimate of drug-likeness (QED) is 0.786. The van der Waals surface area contributed by atoms with Crippen LogP contribution in [-0.2, 0) is 8.58 Å². The maximum atomic E-state index is 10.8. The minimum absolute atomic E-state index is 0. The average Bonchev–Trinajstić information content (AvgIpc) is 2.41. The maximum Gasteiger partial charge on any atom is 0.572 e. The van der Waals surface area contributed by atoms with Crippen molar-refractivity contribution in [2.75, 3.05) is 0 Å². The van der Waals surface area contributed by atoms with Gasteiger partial charge in [-0.25, -0.2) is 0 Å². The molecule has 2 aromatic carbocycles. The minimum Gasteiger partial charge on any atom is -0.618 e. The third-order valence-corrected chi connectivity index (χ3v) is 3.63. The fourth-order valence-electron chi connectivity index (χ4n) is 1.57. The Balaban J connectivity index is 0.00000200. The van der Waals surface area contributed by atoms with Crippen LogP contribution in [-0.4, -0.2) is 32.5 Å². The lowest BCUT2D eigenvalue weighted by Gasteiger charge is -2.10. The summed E-state index contributed by atoms with van der Waals surface area (Å²) in [6, 6.07) is 15.5. The van der Waals surface area contributed by atoms with Crippen LogP contribution in [0, 0.1) is 6.92 Å². The van der Waals surface area contributed by atoms with Crippen molar-refractivity contribution in [2.45, 2.75) is 13.8 Å². The highest BCUT2D eigenvalue weighted by Crippen LogP contribution is 2.23. The average molecular weight is 305 g/mol. The number of benzene rings is 2. The summed E-state index contributed by atoms with van der Waals surface area (Å²) in [6.07, 6.45) is 0. The lowest BCUT2D eigenvalue weighted by atomic mass is 10.2. The van der Waals surface area contributed by atoms with Gasteiger partial charge in [0, 0.05) is 6.92 Å². The zero-order valence-corrected chi connectivity index (χ0v) is 13.1. The van der Waals surface area contributed by atoms with Gasteiger partial charge in [0.25, 0.3) is 5.97 Å². The molecule has 2 aromatic rings. The largest absolute Gasteiger partial charge is 0.618 e. The summed E-state index contributed by atoms with van der Waals surface area (Å²) in [5.41, 5.74) is 1.05. The van der Waals surface area contributed by atoms with Crippen LogP contribution in [0.4, 0.5) is 0 Å². The van der Waals surface area contributed by atoms with E-state index in [0.29, 0.717) is 0 Å². The monoisotopic (exact) mass is 305 g/mol. The Morgan fingerprint density at radius 3 is 2.33 bits per heavy atom. The summed E-state index contributed by atoms with van der Waals surface area (Å²) in [5, 5.41) is 0. The lowest BCUT2D eigenvalue weighted by Crippen LogP contribution is -2.19. The van der Waals surface area contributed by atoms with Crippen LogP contribution in [0.15, 0.2) is 48.5 Å². The molecule has 0 aliphatic heterocycles. The molecule has 0 amide bonds. The summed E-state index contributed by atoms with van der Waals surface area (Å²) in [4.78, 5) is 10.8. The van der Waals surface area contributed by atoms with Crippen molar-refractivity contribution in [3.05, 3.63) is 54.1 Å². The first kappa shape index (κ1) is 19.2. The topological polar surface area (TPSA) is 98.5 Å². The number of carbonyl (C=O) groups is 1. The molecule has 0 aromatic heterocycles. The molecule has 4 N–H and O–H groups in total. The maximum absolute atomic E-state index is 10.8. The van der Waals surface area contributed by atoms with Crippen molar-refractivity contribution in [1.82, 2.24) is 0 Å². The first-order valence-corrected chi connectivity index (χ1v) is 7.04. The Hall–Kier alpha value is -1.84. The van der Waals surface area contributed by atoms with Crippen LogP contribution in [0.3, 0.4) is 0 Å². The SMILES string of the molecule is CC(=O)[O][Al][c]1ccc(C)c(Oc2ccccc2)c1.O.O. The van der Waals surface area contributed by atoms with Gasteiger partial charge in [0.15, 0.2) is 0 Å². The molecule has 111 valence electrons. The molecule has 0 aliphatic rings. The third kappa shape index (κ3) is 5.98. The van der Waals surface area contributed by atoms with E-state index in [2.05, 4.69) is 0 Å². The predicted molar refractivity (Wildman–Crippen MR) is 82.1 cm³/mol. The van der Waals surface area contributed by atoms with E-state index in [9.17, 15) is 4.79 Å². The molecule has 0 saturated heterocycles. The van der Waals surface area contributed by atoms with Crippen LogP contribution in [0.25, 0.3) is 0 Å². The van der Waals surface area contributed by atoms with Crippen molar-refractivity contribution in [3.8, 4) is 11.5 Å². The summed E-state index contributed by atoms with van der Waals surface area (Å²) >= 11 is -0.503. The van der Waals surface area contributed by atoms with Gasteiger partial charge in [0.05, 0.1) is 0 Å². The van der Waals surface area contributed by atoms with Crippen molar-refractivity contribution < 1.29 is 24.3 Å². The van der Waals surface area contributed by atoms with Crippen molar-refractivity contribution >= 4 is 25.9 Å². The molecule has 2 rings (SSSR count). The molecule has 0 fully saturated rings. The number of hydrogen-bond acceptors (Lipinski definition) is 3. The second kappa shape index (κ2) is 9.16. The number of carbonyl (C=O) groups excluding carboxylic acids is 1. The van der Waals surface area contributed by atoms with Gasteiger partial charge in [0.2, 0.25) is 0 Å². The smallest absolute Gasteiger partial charge is 0.572 e. The summed E-state index contributed by atoms with van der Waals surface area (Å²) < 4.78 is 11.9. The van der Waals surface area contributed by atoms with Crippen LogP contribution >= 0.6 is 0 Å². The minimum atomic E-state index is -0.503. The number of aryl methyl sites for hydroxylation is 1. The second-order valence-corrected chi connectivity index (χ2v) is 5.31. The number of rotatable bonds is 4. The van der Waals surface area contributed by atoms with E-state index in [1.165, 1.54) is 6.92 Å². The van der Waals surface area contributed by atoms with Gasteiger partial charge in [0.1, 0.15) is 11.5 Å². The highest BCUT2D eigenvalue weighted by atomic mass is 27.1. The van der Waals surface area contributed by atoms with E-state index in [1.807, 2.05) is 55.5 Å². The van der Waals surface area contributed by atoms with Crippen LogP contribution in [0.5, 0.6) is 11.5 Å². The van der Waals surface area contributed by atoms with Crippen LogP contribution < -0.4 is 9.16 Å². The van der Waals surface area contributed by atoms with Crippen molar-refractivity contribution in [3.63, 3.8) is 0 Å². The van der Waals surface area contributed by atoms with Gasteiger partial charge in [-0.2, -0.15) is 0 Å². The van der Waals surface area contributed by atoms with E-state index in [4.69, 9.17) is 8.53 Å². The normalized spacial score (nSPS) is 8.86. The molecule has 6 heteroatoms. The van der Waals surface area contributed by atoms with Crippen LogP contribution in [0.1, 0.15) is 12.5 Å². The predicted octanol–water partition coefficient (Wildman–Crippen LogP) is 0.946. The van der Waals surface area contributed by atoms with E-state index < -0.39 is 15.6 Å². The molecular formula is C15H18AlO5. The van der Waals surface area contributed by atoms with E-state index in [1.54, 1.807) is 0 Å². The Morgan fingerprint density at radius 2 is 1.71 bits per heavy atom. The molecule has 0 atom stereocenters. The highest BCUT2D eigenvalue weighted by molar-refractivity contribution is 6.48. The van der Waals surface area contributed by atoms with Crippen molar-refractivity contribution in [2.24, 2.45) is 0 Å². The van der Waals surface area contributed by atoms with Gasteiger partial charge in [-0.05, 0) is 30.7 Å². The number of para-hydroxylation sites is 1. The standard InChI is InChI=1S/C13H11O.C2H4O2.Al.2H2O/c1-11-7-5-6-10-13(11)14-12-8-3-2-4-9-12;1-2(3)4;;;/h2-5,7-10H,1H3;1H3,(H,3,4);;2*1H2/q;;+1;;/p-1. The molecule has 0 heterocycles. The molecule has 0 saturated carbocycles. The zero-order chi connectivity index (χ0) is 13.7. The van der Waals surface area contributed by atoms with Gasteiger partial charge in [-0.15, -0.1) is 0 Å². The van der Waals surface area contributed by atoms with Gasteiger partial charge in [-0.1, -0.05) is 34.8 Å². The van der Waals surface area contributed by atoms with E-state index >= 15 is 0 Å². The molecule has 0 spiro atoms. The Bertz CT molecular complexity index is 572. The van der Waals surface area contributed by atoms with E-state index in [-0.39, 0.29) is 16.9 Å². The fraction of sp³-hybridized carbons (Fsp3) is 0.133. The van der Waals surface area contributed by atoms with Crippen molar-refractivity contribution in [1.29, 1.82) is 0 Å². The second-order valence-electron chi connectivity index (χ2n) is 4.17. The first-order valence-electron chi connectivity index (χ1n) is 5.99. The van der Waals surface area contributed by atoms with Gasteiger partial charge < -0.3 is 19.5 Å². The zero-order valence-electron chi connectivity index (χ0n) is 11.9.